The minimum Gasteiger partial charge on any atom is -0.466 e. The van der Waals surface area contributed by atoms with Crippen LogP contribution in [0.15, 0.2) is 77.5 Å². The van der Waals surface area contributed by atoms with Gasteiger partial charge in [-0.1, -0.05) is 42.5 Å². The summed E-state index contributed by atoms with van der Waals surface area (Å²) in [5, 5.41) is 3.33. The van der Waals surface area contributed by atoms with Gasteiger partial charge in [0.25, 0.3) is 0 Å². The van der Waals surface area contributed by atoms with E-state index in [0.717, 1.165) is 33.9 Å². The van der Waals surface area contributed by atoms with E-state index in [0.29, 0.717) is 22.4 Å². The minimum atomic E-state index is -0.512. The summed E-state index contributed by atoms with van der Waals surface area (Å²) in [6.45, 7) is 5.94. The average Bonchev–Trinajstić information content (AvgIpc) is 3.26. The van der Waals surface area contributed by atoms with Crippen molar-refractivity contribution >= 4 is 17.4 Å². The molecule has 1 N–H and O–H groups in total. The zero-order chi connectivity index (χ0) is 22.6. The molecule has 0 fully saturated rings. The van der Waals surface area contributed by atoms with Crippen LogP contribution in [0.4, 0.5) is 0 Å². The van der Waals surface area contributed by atoms with Crippen LogP contribution in [-0.2, 0) is 9.53 Å². The molecule has 2 aliphatic rings. The van der Waals surface area contributed by atoms with Crippen LogP contribution in [0.3, 0.4) is 0 Å². The lowest BCUT2D eigenvalue weighted by molar-refractivity contribution is -0.136. The number of esters is 1. The van der Waals surface area contributed by atoms with Crippen LogP contribution in [0.5, 0.6) is 0 Å². The predicted molar refractivity (Wildman–Crippen MR) is 124 cm³/mol. The van der Waals surface area contributed by atoms with Crippen molar-refractivity contribution in [2.24, 2.45) is 0 Å². The summed E-state index contributed by atoms with van der Waals surface area (Å²) in [5.41, 5.74) is 8.09. The third-order valence-corrected chi connectivity index (χ3v) is 6.45. The molecule has 1 atom stereocenters. The molecule has 1 aromatic heterocycles. The highest BCUT2D eigenvalue weighted by molar-refractivity contribution is 6.23. The first-order chi connectivity index (χ1) is 15.4. The summed E-state index contributed by atoms with van der Waals surface area (Å²) in [7, 11) is 1.38. The molecule has 0 spiro atoms. The van der Waals surface area contributed by atoms with Crippen molar-refractivity contribution in [3.05, 3.63) is 106 Å². The van der Waals surface area contributed by atoms with Gasteiger partial charge in [0, 0.05) is 39.5 Å². The number of carbonyl (C=O) groups excluding carboxylic acids is 2. The van der Waals surface area contributed by atoms with Gasteiger partial charge in [-0.15, -0.1) is 0 Å². The van der Waals surface area contributed by atoms with Crippen LogP contribution in [0.25, 0.3) is 11.4 Å². The van der Waals surface area contributed by atoms with E-state index in [2.05, 4.69) is 28.1 Å². The lowest BCUT2D eigenvalue weighted by atomic mass is 9.79. The molecule has 0 bridgehead atoms. The molecular formula is C27H24N2O3. The summed E-state index contributed by atoms with van der Waals surface area (Å²) >= 11 is 0. The van der Waals surface area contributed by atoms with E-state index in [1.54, 1.807) is 0 Å². The first-order valence-corrected chi connectivity index (χ1v) is 10.6. The standard InChI is InChI=1S/C27H24N2O3/c1-15-14-21(17(3)29(15)18-10-6-5-7-11-18)23-22(27(31)32-4)16(2)28-25-19-12-8-9-13-20(19)26(30)24(23)25/h5-14,23,28H,1-4H3/t23-/m1/s1. The fraction of sp³-hybridized carbons (Fsp3) is 0.185. The van der Waals surface area contributed by atoms with E-state index >= 15 is 0 Å². The Morgan fingerprint density at radius 3 is 2.31 bits per heavy atom. The van der Waals surface area contributed by atoms with E-state index in [4.69, 9.17) is 4.74 Å². The number of carbonyl (C=O) groups is 2. The topological polar surface area (TPSA) is 60.3 Å². The SMILES string of the molecule is COC(=O)C1=C(C)NC2=C(C(=O)c3ccccc32)[C@@H]1c1cc(C)n(-c2ccccc2)c1C. The van der Waals surface area contributed by atoms with Gasteiger partial charge in [0.2, 0.25) is 0 Å². The maximum Gasteiger partial charge on any atom is 0.336 e. The molecule has 1 aliphatic carbocycles. The molecule has 160 valence electrons. The second-order valence-electron chi connectivity index (χ2n) is 8.25. The molecule has 5 nitrogen and oxygen atoms in total. The van der Waals surface area contributed by atoms with Crippen LogP contribution in [0, 0.1) is 13.8 Å². The van der Waals surface area contributed by atoms with Crippen LogP contribution >= 0.6 is 0 Å². The fourth-order valence-electron chi connectivity index (χ4n) is 5.07. The molecule has 2 heterocycles. The molecule has 5 rings (SSSR count). The van der Waals surface area contributed by atoms with Gasteiger partial charge in [0.05, 0.1) is 24.3 Å². The smallest absolute Gasteiger partial charge is 0.336 e. The Kier molecular flexibility index (Phi) is 4.63. The van der Waals surface area contributed by atoms with Gasteiger partial charge in [-0.2, -0.15) is 0 Å². The highest BCUT2D eigenvalue weighted by atomic mass is 16.5. The summed E-state index contributed by atoms with van der Waals surface area (Å²) in [6.07, 6.45) is 0. The number of nitrogens with zero attached hydrogens (tertiary/aromatic N) is 1. The molecule has 3 aromatic rings. The Morgan fingerprint density at radius 2 is 1.62 bits per heavy atom. The highest BCUT2D eigenvalue weighted by Crippen LogP contribution is 2.48. The van der Waals surface area contributed by atoms with Gasteiger partial charge in [-0.3, -0.25) is 4.79 Å². The molecule has 0 radical (unpaired) electrons. The van der Waals surface area contributed by atoms with Crippen molar-refractivity contribution in [3.8, 4) is 5.69 Å². The third kappa shape index (κ3) is 2.78. The number of ketones is 1. The number of hydrogen-bond acceptors (Lipinski definition) is 4. The predicted octanol–water partition coefficient (Wildman–Crippen LogP) is 4.84. The first-order valence-electron chi connectivity index (χ1n) is 10.6. The van der Waals surface area contributed by atoms with E-state index in [1.807, 2.05) is 63.2 Å². The van der Waals surface area contributed by atoms with Crippen molar-refractivity contribution in [2.45, 2.75) is 26.7 Å². The monoisotopic (exact) mass is 424 g/mol. The number of rotatable bonds is 3. The lowest BCUT2D eigenvalue weighted by Gasteiger charge is -2.29. The number of aryl methyl sites for hydroxylation is 1. The lowest BCUT2D eigenvalue weighted by Crippen LogP contribution is -2.29. The molecule has 0 saturated carbocycles. The van der Waals surface area contributed by atoms with Crippen LogP contribution in [0.2, 0.25) is 0 Å². The number of benzene rings is 2. The molecule has 0 unspecified atom stereocenters. The zero-order valence-electron chi connectivity index (χ0n) is 18.5. The number of Topliss-reactive ketones (excluding diaryl/α,β-unsaturated/α-hetero) is 1. The van der Waals surface area contributed by atoms with Crippen molar-refractivity contribution in [1.82, 2.24) is 9.88 Å². The normalized spacial score (nSPS) is 17.2. The first kappa shape index (κ1) is 20.1. The number of para-hydroxylation sites is 1. The third-order valence-electron chi connectivity index (χ3n) is 6.45. The summed E-state index contributed by atoms with van der Waals surface area (Å²) in [5.74, 6) is -0.992. The van der Waals surface area contributed by atoms with Crippen molar-refractivity contribution in [3.63, 3.8) is 0 Å². The van der Waals surface area contributed by atoms with Crippen molar-refractivity contribution in [1.29, 1.82) is 0 Å². The Hall–Kier alpha value is -3.86. The van der Waals surface area contributed by atoms with E-state index in [9.17, 15) is 9.59 Å². The number of fused-ring (bicyclic) bond motifs is 2. The van der Waals surface area contributed by atoms with Gasteiger partial charge < -0.3 is 14.6 Å². The number of ether oxygens (including phenoxy) is 1. The van der Waals surface area contributed by atoms with Crippen molar-refractivity contribution < 1.29 is 14.3 Å². The van der Waals surface area contributed by atoms with Gasteiger partial charge in [0.1, 0.15) is 0 Å². The van der Waals surface area contributed by atoms with Gasteiger partial charge >= 0.3 is 5.97 Å². The number of aromatic nitrogens is 1. The van der Waals surface area contributed by atoms with Crippen LogP contribution in [0.1, 0.15) is 45.7 Å². The van der Waals surface area contributed by atoms with E-state index < -0.39 is 11.9 Å². The van der Waals surface area contributed by atoms with E-state index in [-0.39, 0.29) is 5.78 Å². The number of hydrogen-bond donors (Lipinski definition) is 1. The van der Waals surface area contributed by atoms with Crippen LogP contribution in [-0.4, -0.2) is 23.4 Å². The molecule has 1 aliphatic heterocycles. The Bertz CT molecular complexity index is 1340. The molecular weight excluding hydrogens is 400 g/mol. The number of nitrogens with one attached hydrogen (secondary N) is 1. The molecule has 32 heavy (non-hydrogen) atoms. The maximum atomic E-state index is 13.6. The fourth-order valence-corrected chi connectivity index (χ4v) is 5.07. The van der Waals surface area contributed by atoms with E-state index in [1.165, 1.54) is 7.11 Å². The van der Waals surface area contributed by atoms with Crippen molar-refractivity contribution in [2.75, 3.05) is 7.11 Å². The van der Waals surface area contributed by atoms with Gasteiger partial charge in [-0.05, 0) is 44.5 Å². The summed E-state index contributed by atoms with van der Waals surface area (Å²) < 4.78 is 7.32. The van der Waals surface area contributed by atoms with Gasteiger partial charge in [-0.25, -0.2) is 4.79 Å². The second kappa shape index (κ2) is 7.38. The minimum absolute atomic E-state index is 0.0495. The summed E-state index contributed by atoms with van der Waals surface area (Å²) in [6, 6.07) is 19.7. The second-order valence-corrected chi connectivity index (χ2v) is 8.25. The maximum absolute atomic E-state index is 13.6. The average molecular weight is 425 g/mol. The molecule has 0 saturated heterocycles. The number of methoxy groups -OCH3 is 1. The zero-order valence-corrected chi connectivity index (χ0v) is 18.5. The van der Waals surface area contributed by atoms with Gasteiger partial charge in [0.15, 0.2) is 5.78 Å². The molecule has 2 aromatic carbocycles. The highest BCUT2D eigenvalue weighted by Gasteiger charge is 2.43. The number of dihydropyridines is 1. The number of allylic oxidation sites excluding steroid dienone is 2. The summed E-state index contributed by atoms with van der Waals surface area (Å²) in [4.78, 5) is 26.5. The largest absolute Gasteiger partial charge is 0.466 e. The van der Waals surface area contributed by atoms with Crippen LogP contribution < -0.4 is 5.32 Å². The molecule has 5 heteroatoms. The Labute approximate surface area is 187 Å². The Balaban J connectivity index is 1.76. The molecule has 0 amide bonds. The quantitative estimate of drug-likeness (QED) is 0.612. The Morgan fingerprint density at radius 1 is 0.969 bits per heavy atom.